The predicted molar refractivity (Wildman–Crippen MR) is 81.3 cm³/mol. The molecule has 0 spiro atoms. The molecule has 1 atom stereocenters. The molecule has 1 aliphatic carbocycles. The molecule has 1 aliphatic rings. The molecule has 106 valence electrons. The summed E-state index contributed by atoms with van der Waals surface area (Å²) in [5, 5.41) is 12.4. The molecule has 1 aromatic heterocycles. The van der Waals surface area contributed by atoms with Crippen molar-refractivity contribution in [2.75, 3.05) is 6.61 Å². The van der Waals surface area contributed by atoms with E-state index in [2.05, 4.69) is 27.3 Å². The van der Waals surface area contributed by atoms with E-state index in [1.807, 2.05) is 13.0 Å². The molecule has 0 aromatic carbocycles. The predicted octanol–water partition coefficient (Wildman–Crippen LogP) is 3.11. The van der Waals surface area contributed by atoms with Crippen LogP contribution in [-0.2, 0) is 11.2 Å². The quantitative estimate of drug-likeness (QED) is 0.797. The van der Waals surface area contributed by atoms with Crippen molar-refractivity contribution in [2.45, 2.75) is 44.6 Å². The minimum atomic E-state index is -0.414. The molecule has 1 amide bonds. The van der Waals surface area contributed by atoms with Gasteiger partial charge in [-0.2, -0.15) is 0 Å². The number of thiophene rings is 1. The smallest absolute Gasteiger partial charge is 0.220 e. The number of halogens is 1. The summed E-state index contributed by atoms with van der Waals surface area (Å²) >= 11 is 5.15. The molecule has 0 saturated heterocycles. The minimum Gasteiger partial charge on any atom is -0.394 e. The molecule has 0 aliphatic heterocycles. The van der Waals surface area contributed by atoms with E-state index in [-0.39, 0.29) is 12.5 Å². The standard InChI is InChI=1S/C14H20BrNO2S/c1-14(9-17,10-5-6-10)16-13(18)4-2-3-11-7-8-12(15)19-11/h7-8,10,17H,2-6,9H2,1H3,(H,16,18). The number of carbonyl (C=O) groups excluding carboxylic acids is 1. The van der Waals surface area contributed by atoms with Gasteiger partial charge in [0.1, 0.15) is 0 Å². The van der Waals surface area contributed by atoms with Crippen molar-refractivity contribution in [2.24, 2.45) is 5.92 Å². The van der Waals surface area contributed by atoms with E-state index in [4.69, 9.17) is 0 Å². The van der Waals surface area contributed by atoms with Gasteiger partial charge in [-0.05, 0) is 66.6 Å². The van der Waals surface area contributed by atoms with E-state index in [0.717, 1.165) is 29.5 Å². The van der Waals surface area contributed by atoms with Crippen molar-refractivity contribution >= 4 is 33.2 Å². The first-order valence-electron chi connectivity index (χ1n) is 6.69. The van der Waals surface area contributed by atoms with Gasteiger partial charge in [0.2, 0.25) is 5.91 Å². The molecule has 19 heavy (non-hydrogen) atoms. The van der Waals surface area contributed by atoms with Crippen LogP contribution in [0.5, 0.6) is 0 Å². The Balaban J connectivity index is 1.72. The fourth-order valence-electron chi connectivity index (χ4n) is 2.28. The third kappa shape index (κ3) is 4.29. The highest BCUT2D eigenvalue weighted by Gasteiger charge is 2.41. The van der Waals surface area contributed by atoms with Crippen LogP contribution in [-0.4, -0.2) is 23.2 Å². The number of aryl methyl sites for hydroxylation is 1. The van der Waals surface area contributed by atoms with Crippen molar-refractivity contribution in [3.05, 3.63) is 20.8 Å². The zero-order chi connectivity index (χ0) is 13.9. The Morgan fingerprint density at radius 3 is 2.84 bits per heavy atom. The Bertz CT molecular complexity index is 444. The second-order valence-electron chi connectivity index (χ2n) is 5.46. The zero-order valence-corrected chi connectivity index (χ0v) is 13.5. The Morgan fingerprint density at radius 1 is 1.58 bits per heavy atom. The summed E-state index contributed by atoms with van der Waals surface area (Å²) in [5.41, 5.74) is -0.414. The Kier molecular flexibility index (Phi) is 5.03. The fraction of sp³-hybridized carbons (Fsp3) is 0.643. The first-order chi connectivity index (χ1) is 9.03. The van der Waals surface area contributed by atoms with Crippen molar-refractivity contribution in [3.63, 3.8) is 0 Å². The summed E-state index contributed by atoms with van der Waals surface area (Å²) in [6, 6.07) is 4.13. The lowest BCUT2D eigenvalue weighted by molar-refractivity contribution is -0.123. The highest BCUT2D eigenvalue weighted by molar-refractivity contribution is 9.11. The molecule has 1 aromatic rings. The van der Waals surface area contributed by atoms with Gasteiger partial charge in [0.25, 0.3) is 0 Å². The molecule has 0 bridgehead atoms. The molecular formula is C14H20BrNO2S. The summed E-state index contributed by atoms with van der Waals surface area (Å²) in [7, 11) is 0. The number of hydrogen-bond acceptors (Lipinski definition) is 3. The average Bonchev–Trinajstić information content (AvgIpc) is 3.14. The highest BCUT2D eigenvalue weighted by atomic mass is 79.9. The molecule has 1 saturated carbocycles. The van der Waals surface area contributed by atoms with Crippen molar-refractivity contribution in [3.8, 4) is 0 Å². The van der Waals surface area contributed by atoms with E-state index in [9.17, 15) is 9.90 Å². The lowest BCUT2D eigenvalue weighted by atomic mass is 9.96. The molecule has 3 nitrogen and oxygen atoms in total. The molecular weight excluding hydrogens is 326 g/mol. The van der Waals surface area contributed by atoms with Crippen LogP contribution in [0, 0.1) is 5.92 Å². The average molecular weight is 346 g/mol. The van der Waals surface area contributed by atoms with Crippen LogP contribution in [0.3, 0.4) is 0 Å². The summed E-state index contributed by atoms with van der Waals surface area (Å²) < 4.78 is 1.13. The topological polar surface area (TPSA) is 49.3 Å². The number of aliphatic hydroxyl groups excluding tert-OH is 1. The first kappa shape index (κ1) is 15.0. The van der Waals surface area contributed by atoms with Crippen LogP contribution < -0.4 is 5.32 Å². The molecule has 0 radical (unpaired) electrons. The molecule has 1 unspecified atom stereocenters. The summed E-state index contributed by atoms with van der Waals surface area (Å²) in [6.45, 7) is 1.97. The monoisotopic (exact) mass is 345 g/mol. The second-order valence-corrected chi connectivity index (χ2v) is 8.00. The van der Waals surface area contributed by atoms with Crippen molar-refractivity contribution in [1.82, 2.24) is 5.32 Å². The van der Waals surface area contributed by atoms with Crippen LogP contribution in [0.1, 0.15) is 37.5 Å². The summed E-state index contributed by atoms with van der Waals surface area (Å²) in [6.07, 6.45) is 4.53. The van der Waals surface area contributed by atoms with E-state index < -0.39 is 5.54 Å². The lowest BCUT2D eigenvalue weighted by Crippen LogP contribution is -2.50. The van der Waals surface area contributed by atoms with Gasteiger partial charge in [0, 0.05) is 11.3 Å². The van der Waals surface area contributed by atoms with E-state index in [0.29, 0.717) is 12.3 Å². The number of aliphatic hydroxyl groups is 1. The molecule has 5 heteroatoms. The number of carbonyl (C=O) groups is 1. The fourth-order valence-corrected chi connectivity index (χ4v) is 3.81. The van der Waals surface area contributed by atoms with Gasteiger partial charge in [0.05, 0.1) is 15.9 Å². The van der Waals surface area contributed by atoms with Crippen LogP contribution in [0.2, 0.25) is 0 Å². The van der Waals surface area contributed by atoms with E-state index >= 15 is 0 Å². The Labute approximate surface area is 126 Å². The third-order valence-electron chi connectivity index (χ3n) is 3.69. The highest BCUT2D eigenvalue weighted by Crippen LogP contribution is 2.39. The SMILES string of the molecule is CC(CO)(NC(=O)CCCc1ccc(Br)s1)C1CC1. The van der Waals surface area contributed by atoms with E-state index in [1.54, 1.807) is 11.3 Å². The summed E-state index contributed by atoms with van der Waals surface area (Å²) in [4.78, 5) is 13.2. The normalized spacial score (nSPS) is 18.1. The lowest BCUT2D eigenvalue weighted by Gasteiger charge is -2.28. The second kappa shape index (κ2) is 6.37. The van der Waals surface area contributed by atoms with E-state index in [1.165, 1.54) is 4.88 Å². The van der Waals surface area contributed by atoms with Crippen molar-refractivity contribution < 1.29 is 9.90 Å². The minimum absolute atomic E-state index is 0.0290. The molecule has 1 heterocycles. The van der Waals surface area contributed by atoms with Gasteiger partial charge < -0.3 is 10.4 Å². The van der Waals surface area contributed by atoms with Gasteiger partial charge in [0.15, 0.2) is 0 Å². The van der Waals surface area contributed by atoms with Crippen molar-refractivity contribution in [1.29, 1.82) is 0 Å². The zero-order valence-electron chi connectivity index (χ0n) is 11.1. The molecule has 1 fully saturated rings. The number of amides is 1. The number of rotatable bonds is 7. The van der Waals surface area contributed by atoms with Gasteiger partial charge in [-0.25, -0.2) is 0 Å². The maximum atomic E-state index is 11.9. The summed E-state index contributed by atoms with van der Waals surface area (Å²) in [5.74, 6) is 0.508. The van der Waals surface area contributed by atoms with Gasteiger partial charge in [-0.3, -0.25) is 4.79 Å². The van der Waals surface area contributed by atoms with Gasteiger partial charge in [-0.15, -0.1) is 11.3 Å². The Hall–Kier alpha value is -0.390. The largest absolute Gasteiger partial charge is 0.394 e. The maximum absolute atomic E-state index is 11.9. The van der Waals surface area contributed by atoms with Crippen LogP contribution in [0.25, 0.3) is 0 Å². The number of hydrogen-bond donors (Lipinski definition) is 2. The van der Waals surface area contributed by atoms with Gasteiger partial charge in [-0.1, -0.05) is 0 Å². The van der Waals surface area contributed by atoms with Crippen LogP contribution in [0.15, 0.2) is 15.9 Å². The first-order valence-corrected chi connectivity index (χ1v) is 8.30. The Morgan fingerprint density at radius 2 is 2.32 bits per heavy atom. The van der Waals surface area contributed by atoms with Crippen LogP contribution >= 0.6 is 27.3 Å². The maximum Gasteiger partial charge on any atom is 0.220 e. The van der Waals surface area contributed by atoms with Gasteiger partial charge >= 0.3 is 0 Å². The number of nitrogens with one attached hydrogen (secondary N) is 1. The molecule has 2 N–H and O–H groups in total. The molecule has 2 rings (SSSR count). The third-order valence-corrected chi connectivity index (χ3v) is 5.37. The van der Waals surface area contributed by atoms with Crippen LogP contribution in [0.4, 0.5) is 0 Å².